The van der Waals surface area contributed by atoms with Gasteiger partial charge < -0.3 is 5.32 Å². The SMILES string of the molecule is O=C1c2ccncc2C(=O)N1C1CCNC2(CCC2)C1. The van der Waals surface area contributed by atoms with Crippen molar-refractivity contribution in [3.8, 4) is 0 Å². The Hall–Kier alpha value is -1.75. The van der Waals surface area contributed by atoms with E-state index in [2.05, 4.69) is 10.3 Å². The lowest BCUT2D eigenvalue weighted by atomic mass is 9.70. The van der Waals surface area contributed by atoms with E-state index in [1.807, 2.05) is 0 Å². The van der Waals surface area contributed by atoms with Crippen LogP contribution in [0, 0.1) is 0 Å². The van der Waals surface area contributed by atoms with E-state index >= 15 is 0 Å². The van der Waals surface area contributed by atoms with Gasteiger partial charge in [0.25, 0.3) is 11.8 Å². The topological polar surface area (TPSA) is 62.3 Å². The number of hydrogen-bond donors (Lipinski definition) is 1. The van der Waals surface area contributed by atoms with Crippen molar-refractivity contribution in [1.29, 1.82) is 0 Å². The van der Waals surface area contributed by atoms with E-state index in [0.717, 1.165) is 32.2 Å². The third-order valence-electron chi connectivity index (χ3n) is 5.00. The van der Waals surface area contributed by atoms with Gasteiger partial charge in [0, 0.05) is 24.0 Å². The predicted octanol–water partition coefficient (Wildman–Crippen LogP) is 1.35. The molecule has 1 saturated carbocycles. The van der Waals surface area contributed by atoms with Crippen LogP contribution in [0.2, 0.25) is 0 Å². The van der Waals surface area contributed by atoms with Crippen LogP contribution >= 0.6 is 0 Å². The van der Waals surface area contributed by atoms with Crippen molar-refractivity contribution in [2.45, 2.75) is 43.7 Å². The Labute approximate surface area is 117 Å². The number of nitrogens with zero attached hydrogens (tertiary/aromatic N) is 2. The van der Waals surface area contributed by atoms with Gasteiger partial charge in [0.05, 0.1) is 11.1 Å². The molecule has 3 aliphatic rings. The van der Waals surface area contributed by atoms with E-state index in [1.54, 1.807) is 12.3 Å². The molecule has 1 aliphatic carbocycles. The molecule has 2 aliphatic heterocycles. The summed E-state index contributed by atoms with van der Waals surface area (Å²) in [7, 11) is 0. The summed E-state index contributed by atoms with van der Waals surface area (Å²) in [5.41, 5.74) is 1.14. The molecule has 1 atom stereocenters. The van der Waals surface area contributed by atoms with E-state index in [0.29, 0.717) is 11.1 Å². The van der Waals surface area contributed by atoms with Crippen molar-refractivity contribution in [3.63, 3.8) is 0 Å². The summed E-state index contributed by atoms with van der Waals surface area (Å²) >= 11 is 0. The Morgan fingerprint density at radius 3 is 2.75 bits per heavy atom. The summed E-state index contributed by atoms with van der Waals surface area (Å²) in [4.78, 5) is 30.4. The smallest absolute Gasteiger partial charge is 0.263 e. The van der Waals surface area contributed by atoms with Crippen LogP contribution in [0.25, 0.3) is 0 Å². The summed E-state index contributed by atoms with van der Waals surface area (Å²) in [5, 5.41) is 3.57. The normalized spacial score (nSPS) is 27.6. The molecule has 1 saturated heterocycles. The number of rotatable bonds is 1. The molecular weight excluding hydrogens is 254 g/mol. The molecule has 104 valence electrons. The Bertz CT molecular complexity index is 560. The number of hydrogen-bond acceptors (Lipinski definition) is 4. The number of carbonyl (C=O) groups excluding carboxylic acids is 2. The average molecular weight is 271 g/mol. The summed E-state index contributed by atoms with van der Waals surface area (Å²) in [6.07, 6.45) is 8.39. The minimum absolute atomic E-state index is 0.0314. The second kappa shape index (κ2) is 4.12. The number of nitrogens with one attached hydrogen (secondary N) is 1. The van der Waals surface area contributed by atoms with E-state index in [4.69, 9.17) is 0 Å². The third-order valence-corrected chi connectivity index (χ3v) is 5.00. The summed E-state index contributed by atoms with van der Waals surface area (Å²) in [6, 6.07) is 1.68. The maximum Gasteiger partial charge on any atom is 0.263 e. The number of fused-ring (bicyclic) bond motifs is 1. The zero-order valence-corrected chi connectivity index (χ0v) is 11.3. The van der Waals surface area contributed by atoms with Gasteiger partial charge in [-0.2, -0.15) is 0 Å². The van der Waals surface area contributed by atoms with Gasteiger partial charge in [0.15, 0.2) is 0 Å². The average Bonchev–Trinajstić information content (AvgIpc) is 2.70. The number of pyridine rings is 1. The molecule has 1 aromatic rings. The summed E-state index contributed by atoms with van der Waals surface area (Å²) in [5.74, 6) is -0.312. The first-order valence-corrected chi connectivity index (χ1v) is 7.27. The quantitative estimate of drug-likeness (QED) is 0.783. The van der Waals surface area contributed by atoms with Crippen molar-refractivity contribution >= 4 is 11.8 Å². The lowest BCUT2D eigenvalue weighted by molar-refractivity contribution is 0.0405. The maximum absolute atomic E-state index is 12.5. The summed E-state index contributed by atoms with van der Waals surface area (Å²) < 4.78 is 0. The highest BCUT2D eigenvalue weighted by Gasteiger charge is 2.47. The molecule has 2 fully saturated rings. The molecular formula is C15H17N3O2. The fourth-order valence-electron chi connectivity index (χ4n) is 3.77. The van der Waals surface area contributed by atoms with Crippen molar-refractivity contribution in [2.24, 2.45) is 0 Å². The van der Waals surface area contributed by atoms with Crippen molar-refractivity contribution in [1.82, 2.24) is 15.2 Å². The van der Waals surface area contributed by atoms with Gasteiger partial charge in [-0.05, 0) is 44.7 Å². The van der Waals surface area contributed by atoms with Crippen LogP contribution in [0.15, 0.2) is 18.5 Å². The lowest BCUT2D eigenvalue weighted by Gasteiger charge is -2.49. The molecule has 2 amide bonds. The zero-order valence-electron chi connectivity index (χ0n) is 11.3. The highest BCUT2D eigenvalue weighted by atomic mass is 16.2. The van der Waals surface area contributed by atoms with Crippen LogP contribution < -0.4 is 5.32 Å². The Morgan fingerprint density at radius 2 is 2.05 bits per heavy atom. The molecule has 20 heavy (non-hydrogen) atoms. The molecule has 5 heteroatoms. The molecule has 1 aromatic heterocycles. The van der Waals surface area contributed by atoms with Crippen molar-refractivity contribution < 1.29 is 9.59 Å². The summed E-state index contributed by atoms with van der Waals surface area (Å²) in [6.45, 7) is 0.885. The van der Waals surface area contributed by atoms with Crippen molar-refractivity contribution in [3.05, 3.63) is 29.6 Å². The number of carbonyl (C=O) groups is 2. The highest BCUT2D eigenvalue weighted by Crippen LogP contribution is 2.40. The van der Waals surface area contributed by atoms with Gasteiger partial charge in [-0.15, -0.1) is 0 Å². The Balaban J connectivity index is 1.64. The minimum atomic E-state index is -0.167. The van der Waals surface area contributed by atoms with E-state index < -0.39 is 0 Å². The molecule has 4 rings (SSSR count). The Kier molecular flexibility index (Phi) is 2.48. The van der Waals surface area contributed by atoms with Crippen LogP contribution in [0.1, 0.15) is 52.8 Å². The number of piperidine rings is 1. The molecule has 5 nitrogen and oxygen atoms in total. The fraction of sp³-hybridized carbons (Fsp3) is 0.533. The van der Waals surface area contributed by atoms with Gasteiger partial charge in [-0.25, -0.2) is 0 Å². The van der Waals surface area contributed by atoms with E-state index in [1.165, 1.54) is 17.5 Å². The highest BCUT2D eigenvalue weighted by molar-refractivity contribution is 6.21. The molecule has 1 unspecified atom stereocenters. The van der Waals surface area contributed by atoms with Gasteiger partial charge in [-0.3, -0.25) is 19.5 Å². The van der Waals surface area contributed by atoms with Crippen LogP contribution in [0.4, 0.5) is 0 Å². The third kappa shape index (κ3) is 1.56. The van der Waals surface area contributed by atoms with Crippen LogP contribution in [-0.4, -0.2) is 39.8 Å². The second-order valence-corrected chi connectivity index (χ2v) is 6.11. The second-order valence-electron chi connectivity index (χ2n) is 6.11. The number of amides is 2. The van der Waals surface area contributed by atoms with Gasteiger partial charge in [0.2, 0.25) is 0 Å². The van der Waals surface area contributed by atoms with E-state index in [9.17, 15) is 9.59 Å². The lowest BCUT2D eigenvalue weighted by Crippen LogP contribution is -2.60. The maximum atomic E-state index is 12.5. The molecule has 1 spiro atoms. The molecule has 0 radical (unpaired) electrons. The number of aromatic nitrogens is 1. The number of imide groups is 1. The zero-order chi connectivity index (χ0) is 13.7. The monoisotopic (exact) mass is 271 g/mol. The first-order chi connectivity index (χ1) is 9.70. The van der Waals surface area contributed by atoms with Gasteiger partial charge >= 0.3 is 0 Å². The molecule has 0 bridgehead atoms. The van der Waals surface area contributed by atoms with Crippen LogP contribution in [0.3, 0.4) is 0 Å². The largest absolute Gasteiger partial charge is 0.311 e. The standard InChI is InChI=1S/C15H17N3O2/c19-13-11-3-6-16-9-12(11)14(20)18(13)10-2-7-17-15(8-10)4-1-5-15/h3,6,9-10,17H,1-2,4-5,7-8H2. The fourth-order valence-corrected chi connectivity index (χ4v) is 3.77. The van der Waals surface area contributed by atoms with Crippen LogP contribution in [-0.2, 0) is 0 Å². The van der Waals surface area contributed by atoms with Crippen molar-refractivity contribution in [2.75, 3.05) is 6.54 Å². The molecule has 1 N–H and O–H groups in total. The Morgan fingerprint density at radius 1 is 1.25 bits per heavy atom. The van der Waals surface area contributed by atoms with Gasteiger partial charge in [0.1, 0.15) is 0 Å². The minimum Gasteiger partial charge on any atom is -0.311 e. The van der Waals surface area contributed by atoms with Crippen LogP contribution in [0.5, 0.6) is 0 Å². The molecule has 3 heterocycles. The van der Waals surface area contributed by atoms with E-state index in [-0.39, 0.29) is 23.4 Å². The van der Waals surface area contributed by atoms with Gasteiger partial charge in [-0.1, -0.05) is 0 Å². The predicted molar refractivity (Wildman–Crippen MR) is 72.3 cm³/mol. The first kappa shape index (κ1) is 12.0. The first-order valence-electron chi connectivity index (χ1n) is 7.27. The molecule has 0 aromatic carbocycles.